The zero-order chi connectivity index (χ0) is 11.4. The third-order valence-electron chi connectivity index (χ3n) is 2.21. The lowest BCUT2D eigenvalue weighted by Crippen LogP contribution is -2.32. The molecule has 15 heavy (non-hydrogen) atoms. The maximum absolute atomic E-state index is 12.0. The highest BCUT2D eigenvalue weighted by Gasteiger charge is 2.18. The summed E-state index contributed by atoms with van der Waals surface area (Å²) in [5, 5.41) is 2.25. The van der Waals surface area contributed by atoms with Crippen LogP contribution in [0, 0.1) is 6.92 Å². The lowest BCUT2D eigenvalue weighted by atomic mass is 10.0. The quantitative estimate of drug-likeness (QED) is 0.820. The number of nitrogens with one attached hydrogen (secondary N) is 1. The number of alkyl halides is 2. The van der Waals surface area contributed by atoms with Gasteiger partial charge in [-0.05, 0) is 25.0 Å². The van der Waals surface area contributed by atoms with E-state index in [4.69, 9.17) is 0 Å². The Morgan fingerprint density at radius 2 is 1.93 bits per heavy atom. The summed E-state index contributed by atoms with van der Waals surface area (Å²) in [4.78, 5) is 10.8. The van der Waals surface area contributed by atoms with E-state index >= 15 is 0 Å². The molecule has 2 nitrogen and oxygen atoms in total. The summed E-state index contributed by atoms with van der Waals surface area (Å²) in [6.07, 6.45) is -2.96. The second-order valence-electron chi connectivity index (χ2n) is 3.39. The van der Waals surface area contributed by atoms with Gasteiger partial charge in [0.25, 0.3) is 5.91 Å². The van der Waals surface area contributed by atoms with Gasteiger partial charge >= 0.3 is 6.43 Å². The van der Waals surface area contributed by atoms with Gasteiger partial charge in [-0.25, -0.2) is 0 Å². The van der Waals surface area contributed by atoms with Gasteiger partial charge in [0.2, 0.25) is 0 Å². The van der Waals surface area contributed by atoms with Crippen molar-refractivity contribution in [2.75, 3.05) is 0 Å². The van der Waals surface area contributed by atoms with E-state index in [-0.39, 0.29) is 0 Å². The highest BCUT2D eigenvalue weighted by molar-refractivity contribution is 5.79. The van der Waals surface area contributed by atoms with Crippen LogP contribution >= 0.6 is 0 Å². The monoisotopic (exact) mass is 213 g/mol. The third-order valence-corrected chi connectivity index (χ3v) is 2.21. The van der Waals surface area contributed by atoms with Crippen LogP contribution in [0.2, 0.25) is 0 Å². The first-order valence-electron chi connectivity index (χ1n) is 4.66. The van der Waals surface area contributed by atoms with Gasteiger partial charge in [-0.2, -0.15) is 8.78 Å². The highest BCUT2D eigenvalue weighted by atomic mass is 19.3. The molecule has 1 aromatic carbocycles. The molecule has 0 spiro atoms. The van der Waals surface area contributed by atoms with Crippen LogP contribution in [0.15, 0.2) is 24.3 Å². The Morgan fingerprint density at radius 3 is 2.47 bits per heavy atom. The molecule has 1 amide bonds. The molecule has 1 atom stereocenters. The standard InChI is InChI=1S/C11H13F2NO/c1-7-5-3-4-6-9(7)8(2)14-11(15)10(12)13/h3-6,8,10H,1-2H3,(H,14,15)/t8-/m0/s1. The molecular weight excluding hydrogens is 200 g/mol. The molecule has 0 fully saturated rings. The molecule has 0 aromatic heterocycles. The predicted molar refractivity (Wildman–Crippen MR) is 53.7 cm³/mol. The van der Waals surface area contributed by atoms with Gasteiger partial charge in [-0.15, -0.1) is 0 Å². The molecule has 0 aliphatic rings. The lowest BCUT2D eigenvalue weighted by Gasteiger charge is -2.15. The lowest BCUT2D eigenvalue weighted by molar-refractivity contribution is -0.132. The normalized spacial score (nSPS) is 12.6. The summed E-state index contributed by atoms with van der Waals surface area (Å²) in [6.45, 7) is 3.56. The molecule has 82 valence electrons. The van der Waals surface area contributed by atoms with Gasteiger partial charge in [0.05, 0.1) is 6.04 Å². The van der Waals surface area contributed by atoms with Crippen LogP contribution in [0.4, 0.5) is 8.78 Å². The molecular formula is C11H13F2NO. The Hall–Kier alpha value is -1.45. The van der Waals surface area contributed by atoms with E-state index in [0.717, 1.165) is 11.1 Å². The van der Waals surface area contributed by atoms with Crippen LogP contribution in [-0.2, 0) is 4.79 Å². The summed E-state index contributed by atoms with van der Waals surface area (Å²) >= 11 is 0. The first-order chi connectivity index (χ1) is 7.02. The van der Waals surface area contributed by atoms with Crippen molar-refractivity contribution in [1.82, 2.24) is 5.32 Å². The van der Waals surface area contributed by atoms with Gasteiger partial charge in [-0.1, -0.05) is 24.3 Å². The molecule has 0 unspecified atom stereocenters. The average molecular weight is 213 g/mol. The van der Waals surface area contributed by atoms with Crippen LogP contribution in [0.5, 0.6) is 0 Å². The Kier molecular flexibility index (Phi) is 3.77. The van der Waals surface area contributed by atoms with Crippen LogP contribution in [0.3, 0.4) is 0 Å². The van der Waals surface area contributed by atoms with Gasteiger partial charge in [-0.3, -0.25) is 4.79 Å². The average Bonchev–Trinajstić information content (AvgIpc) is 2.18. The van der Waals surface area contributed by atoms with E-state index < -0.39 is 18.4 Å². The van der Waals surface area contributed by atoms with Crippen molar-refractivity contribution >= 4 is 5.91 Å². The smallest absolute Gasteiger partial charge is 0.315 e. The Bertz CT molecular complexity index is 352. The number of carbonyl (C=O) groups is 1. The van der Waals surface area contributed by atoms with E-state index in [1.54, 1.807) is 6.92 Å². The molecule has 0 aliphatic carbocycles. The SMILES string of the molecule is Cc1ccccc1[C@H](C)NC(=O)C(F)F. The highest BCUT2D eigenvalue weighted by Crippen LogP contribution is 2.16. The maximum atomic E-state index is 12.0. The predicted octanol–water partition coefficient (Wildman–Crippen LogP) is 2.44. The number of benzene rings is 1. The van der Waals surface area contributed by atoms with Crippen molar-refractivity contribution in [3.8, 4) is 0 Å². The zero-order valence-corrected chi connectivity index (χ0v) is 8.63. The number of aryl methyl sites for hydroxylation is 1. The molecule has 0 radical (unpaired) electrons. The first-order valence-corrected chi connectivity index (χ1v) is 4.66. The van der Waals surface area contributed by atoms with Gasteiger partial charge in [0.15, 0.2) is 0 Å². The molecule has 1 rings (SSSR count). The Balaban J connectivity index is 2.73. The van der Waals surface area contributed by atoms with E-state index in [1.807, 2.05) is 31.2 Å². The number of hydrogen-bond acceptors (Lipinski definition) is 1. The molecule has 1 aromatic rings. The largest absolute Gasteiger partial charge is 0.345 e. The van der Waals surface area contributed by atoms with E-state index in [1.165, 1.54) is 0 Å². The van der Waals surface area contributed by atoms with Crippen molar-refractivity contribution in [2.24, 2.45) is 0 Å². The summed E-state index contributed by atoms with van der Waals surface area (Å²) in [5.74, 6) is -1.23. The van der Waals surface area contributed by atoms with E-state index in [2.05, 4.69) is 5.32 Å². The molecule has 4 heteroatoms. The minimum Gasteiger partial charge on any atom is -0.345 e. The van der Waals surface area contributed by atoms with Crippen LogP contribution < -0.4 is 5.32 Å². The fraction of sp³-hybridized carbons (Fsp3) is 0.364. The van der Waals surface area contributed by atoms with Gasteiger partial charge < -0.3 is 5.32 Å². The zero-order valence-electron chi connectivity index (χ0n) is 8.63. The second kappa shape index (κ2) is 4.87. The minimum absolute atomic E-state index is 0.396. The molecule has 1 N–H and O–H groups in total. The topological polar surface area (TPSA) is 29.1 Å². The second-order valence-corrected chi connectivity index (χ2v) is 3.39. The molecule has 0 heterocycles. The van der Waals surface area contributed by atoms with Crippen LogP contribution in [0.1, 0.15) is 24.1 Å². The maximum Gasteiger partial charge on any atom is 0.315 e. The fourth-order valence-electron chi connectivity index (χ4n) is 1.43. The number of amides is 1. The van der Waals surface area contributed by atoms with Crippen LogP contribution in [0.25, 0.3) is 0 Å². The van der Waals surface area contributed by atoms with Crippen molar-refractivity contribution in [3.05, 3.63) is 35.4 Å². The van der Waals surface area contributed by atoms with E-state index in [9.17, 15) is 13.6 Å². The van der Waals surface area contributed by atoms with Crippen molar-refractivity contribution in [2.45, 2.75) is 26.3 Å². The van der Waals surface area contributed by atoms with Crippen LogP contribution in [-0.4, -0.2) is 12.3 Å². The summed E-state index contributed by atoms with van der Waals surface area (Å²) in [6, 6.07) is 6.97. The first kappa shape index (κ1) is 11.6. The van der Waals surface area contributed by atoms with Gasteiger partial charge in [0.1, 0.15) is 0 Å². The molecule has 0 aliphatic heterocycles. The molecule has 0 saturated carbocycles. The Labute approximate surface area is 87.3 Å². The summed E-state index contributed by atoms with van der Waals surface area (Å²) in [5.41, 5.74) is 1.83. The van der Waals surface area contributed by atoms with Crippen molar-refractivity contribution in [1.29, 1.82) is 0 Å². The number of hydrogen-bond donors (Lipinski definition) is 1. The molecule has 0 saturated heterocycles. The van der Waals surface area contributed by atoms with E-state index in [0.29, 0.717) is 0 Å². The minimum atomic E-state index is -2.96. The Morgan fingerprint density at radius 1 is 1.33 bits per heavy atom. The summed E-state index contributed by atoms with van der Waals surface area (Å²) < 4.78 is 24.0. The fourth-order valence-corrected chi connectivity index (χ4v) is 1.43. The van der Waals surface area contributed by atoms with Crippen molar-refractivity contribution < 1.29 is 13.6 Å². The third kappa shape index (κ3) is 3.01. The summed E-state index contributed by atoms with van der Waals surface area (Å²) in [7, 11) is 0. The molecule has 0 bridgehead atoms. The van der Waals surface area contributed by atoms with Crippen molar-refractivity contribution in [3.63, 3.8) is 0 Å². The number of halogens is 2. The number of carbonyl (C=O) groups excluding carboxylic acids is 1. The van der Waals surface area contributed by atoms with Gasteiger partial charge in [0, 0.05) is 0 Å². The number of rotatable bonds is 3.